The molecule has 0 aliphatic heterocycles. The lowest BCUT2D eigenvalue weighted by Gasteiger charge is -2.37. The summed E-state index contributed by atoms with van der Waals surface area (Å²) < 4.78 is 23.1. The second-order valence-electron chi connectivity index (χ2n) is 19.1. The van der Waals surface area contributed by atoms with E-state index in [4.69, 9.17) is 18.9 Å². The number of hydrogen-bond donors (Lipinski definition) is 1. The molecule has 0 spiro atoms. The van der Waals surface area contributed by atoms with Crippen molar-refractivity contribution in [1.29, 1.82) is 0 Å². The first-order valence-electron chi connectivity index (χ1n) is 22.3. The number of carbonyl (C=O) groups excluding carboxylic acids is 2. The van der Waals surface area contributed by atoms with Gasteiger partial charge >= 0.3 is 5.97 Å². The normalized spacial score (nSPS) is 19.9. The Balaban J connectivity index is 0.000000343. The lowest BCUT2D eigenvalue weighted by molar-refractivity contribution is -0.148. The van der Waals surface area contributed by atoms with Gasteiger partial charge in [0.2, 0.25) is 0 Å². The Kier molecular flexibility index (Phi) is 19.9. The number of aromatic hydroxyl groups is 1. The summed E-state index contributed by atoms with van der Waals surface area (Å²) in [7, 11) is 1.67. The molecule has 344 valence electrons. The zero-order valence-electron chi connectivity index (χ0n) is 41.0. The van der Waals surface area contributed by atoms with Gasteiger partial charge in [0.25, 0.3) is 0 Å². The molecule has 0 bridgehead atoms. The molecule has 0 amide bonds. The van der Waals surface area contributed by atoms with Crippen LogP contribution < -0.4 is 14.2 Å². The Morgan fingerprint density at radius 2 is 1.05 bits per heavy atom. The molecule has 2 atom stereocenters. The number of rotatable bonds is 15. The van der Waals surface area contributed by atoms with Gasteiger partial charge in [-0.25, -0.2) is 4.79 Å². The van der Waals surface area contributed by atoms with E-state index in [0.717, 1.165) is 71.5 Å². The minimum atomic E-state index is -0.493. The van der Waals surface area contributed by atoms with Crippen molar-refractivity contribution in [1.82, 2.24) is 0 Å². The Morgan fingerprint density at radius 1 is 0.641 bits per heavy atom. The van der Waals surface area contributed by atoms with Crippen molar-refractivity contribution < 1.29 is 33.6 Å². The fourth-order valence-corrected chi connectivity index (χ4v) is 7.59. The standard InChI is InChI=1S/C30H40O4.C27H34O3/c1-21(10-9-11-22(2)20-28(32)34-29(4,5)6)12-17-26-23(3)27(18-19-30(26,7)8)33-25-15-13-24(31)14-16-25;1-20(8-7-9-21(2)17-19-28)10-15-25-22(3)26(16-18-27(25,4)5)30-24-13-11-23(29-6)12-14-24/h9-17,20,27,31H,18-19H2,1-8H3;7-15,17,19,26H,16,18H2,1-6H3/b;9-7+,15-10+,20-8+,21-17+. The van der Waals surface area contributed by atoms with Gasteiger partial charge in [0.1, 0.15) is 47.1 Å². The average Bonchev–Trinajstić information content (AvgIpc) is 3.20. The summed E-state index contributed by atoms with van der Waals surface area (Å²) in [6.07, 6.45) is 28.6. The van der Waals surface area contributed by atoms with Crippen LogP contribution in [0.1, 0.15) is 116 Å². The molecule has 4 rings (SSSR count). The van der Waals surface area contributed by atoms with Gasteiger partial charge in [-0.15, -0.1) is 0 Å². The van der Waals surface area contributed by atoms with Crippen LogP contribution in [0.4, 0.5) is 0 Å². The number of hydrogen-bond acceptors (Lipinski definition) is 7. The van der Waals surface area contributed by atoms with Gasteiger partial charge in [-0.1, -0.05) is 99.6 Å². The molecule has 2 aliphatic carbocycles. The van der Waals surface area contributed by atoms with Crippen LogP contribution in [0.3, 0.4) is 0 Å². The summed E-state index contributed by atoms with van der Waals surface area (Å²) in [5.41, 5.74) is 8.86. The Hall–Kier alpha value is -5.82. The van der Waals surface area contributed by atoms with Crippen LogP contribution in [0.5, 0.6) is 23.0 Å². The zero-order valence-corrected chi connectivity index (χ0v) is 41.0. The van der Waals surface area contributed by atoms with E-state index in [2.05, 4.69) is 85.8 Å². The van der Waals surface area contributed by atoms with Gasteiger partial charge in [0.15, 0.2) is 0 Å². The Labute approximate surface area is 385 Å². The average molecular weight is 871 g/mol. The minimum absolute atomic E-state index is 0.0158. The summed E-state index contributed by atoms with van der Waals surface area (Å²) >= 11 is 0. The van der Waals surface area contributed by atoms with E-state index in [1.165, 1.54) is 28.4 Å². The van der Waals surface area contributed by atoms with Gasteiger partial charge in [0.05, 0.1) is 7.11 Å². The predicted octanol–water partition coefficient (Wildman–Crippen LogP) is 14.4. The van der Waals surface area contributed by atoms with E-state index < -0.39 is 5.60 Å². The molecule has 0 aromatic heterocycles. The number of phenolic OH excluding ortho intramolecular Hbond substituents is 1. The van der Waals surface area contributed by atoms with Crippen LogP contribution in [0.2, 0.25) is 0 Å². The molecular weight excluding hydrogens is 797 g/mol. The van der Waals surface area contributed by atoms with Crippen LogP contribution in [0.15, 0.2) is 166 Å². The first-order chi connectivity index (χ1) is 30.0. The third-order valence-electron chi connectivity index (χ3n) is 11.3. The summed E-state index contributed by atoms with van der Waals surface area (Å²) in [5, 5.41) is 9.51. The highest BCUT2D eigenvalue weighted by molar-refractivity contribution is 5.83. The molecule has 7 nitrogen and oxygen atoms in total. The lowest BCUT2D eigenvalue weighted by atomic mass is 9.71. The van der Waals surface area contributed by atoms with Crippen LogP contribution >= 0.6 is 0 Å². The number of methoxy groups -OCH3 is 1. The highest BCUT2D eigenvalue weighted by atomic mass is 16.6. The molecule has 2 aromatic carbocycles. The van der Waals surface area contributed by atoms with Gasteiger partial charge in [0, 0.05) is 6.08 Å². The first kappa shape index (κ1) is 52.5. The molecule has 2 aliphatic rings. The molecule has 0 radical (unpaired) electrons. The maximum Gasteiger partial charge on any atom is 0.331 e. The van der Waals surface area contributed by atoms with E-state index in [1.54, 1.807) is 37.5 Å². The number of carbonyl (C=O) groups is 2. The maximum absolute atomic E-state index is 11.9. The molecule has 2 aromatic rings. The molecule has 0 saturated carbocycles. The van der Waals surface area contributed by atoms with Crippen LogP contribution in [-0.2, 0) is 14.3 Å². The van der Waals surface area contributed by atoms with Crippen molar-refractivity contribution in [3.8, 4) is 23.0 Å². The highest BCUT2D eigenvalue weighted by Gasteiger charge is 2.34. The third-order valence-corrected chi connectivity index (χ3v) is 11.3. The number of phenols is 1. The number of allylic oxidation sites excluding steroid dienone is 17. The van der Waals surface area contributed by atoms with Gasteiger partial charge < -0.3 is 24.1 Å². The van der Waals surface area contributed by atoms with E-state index >= 15 is 0 Å². The Bertz CT molecular complexity index is 2200. The second-order valence-corrected chi connectivity index (χ2v) is 19.1. The van der Waals surface area contributed by atoms with E-state index in [9.17, 15) is 14.7 Å². The van der Waals surface area contributed by atoms with Crippen molar-refractivity contribution in [2.75, 3.05) is 7.11 Å². The van der Waals surface area contributed by atoms with Gasteiger partial charge in [-0.3, -0.25) is 4.79 Å². The minimum Gasteiger partial charge on any atom is -0.508 e. The predicted molar refractivity (Wildman–Crippen MR) is 265 cm³/mol. The largest absolute Gasteiger partial charge is 0.508 e. The molecule has 0 heterocycles. The Morgan fingerprint density at radius 3 is 1.47 bits per heavy atom. The van der Waals surface area contributed by atoms with Crippen molar-refractivity contribution in [2.45, 2.75) is 134 Å². The van der Waals surface area contributed by atoms with Crippen LogP contribution in [-0.4, -0.2) is 42.3 Å². The monoisotopic (exact) mass is 871 g/mol. The fraction of sp³-hybridized carbons (Fsp3) is 0.404. The summed E-state index contributed by atoms with van der Waals surface area (Å²) in [6.45, 7) is 27.0. The third kappa shape index (κ3) is 17.7. The topological polar surface area (TPSA) is 91.3 Å². The molecule has 64 heavy (non-hydrogen) atoms. The molecule has 0 fully saturated rings. The van der Waals surface area contributed by atoms with E-state index in [0.29, 0.717) is 0 Å². The summed E-state index contributed by atoms with van der Waals surface area (Å²) in [4.78, 5) is 22.4. The van der Waals surface area contributed by atoms with Crippen LogP contribution in [0, 0.1) is 10.8 Å². The molecule has 2 unspecified atom stereocenters. The highest BCUT2D eigenvalue weighted by Crippen LogP contribution is 2.43. The van der Waals surface area contributed by atoms with Gasteiger partial charge in [-0.05, 0) is 187 Å². The fourth-order valence-electron chi connectivity index (χ4n) is 7.59. The van der Waals surface area contributed by atoms with Crippen molar-refractivity contribution >= 4 is 12.3 Å². The lowest BCUT2D eigenvalue weighted by Crippen LogP contribution is -2.30. The number of aldehydes is 1. The quantitative estimate of drug-likeness (QED) is 0.0825. The second kappa shape index (κ2) is 24.3. The van der Waals surface area contributed by atoms with E-state index in [1.807, 2.05) is 89.3 Å². The van der Waals surface area contributed by atoms with Crippen molar-refractivity contribution in [3.63, 3.8) is 0 Å². The number of esters is 1. The smallest absolute Gasteiger partial charge is 0.331 e. The molecule has 7 heteroatoms. The van der Waals surface area contributed by atoms with E-state index in [-0.39, 0.29) is 34.8 Å². The summed E-state index contributed by atoms with van der Waals surface area (Å²) in [5.74, 6) is 2.36. The van der Waals surface area contributed by atoms with Crippen molar-refractivity contribution in [2.24, 2.45) is 10.8 Å². The molecular formula is C57H74O7. The zero-order chi connectivity index (χ0) is 47.7. The number of benzene rings is 2. The molecule has 0 saturated heterocycles. The summed E-state index contributed by atoms with van der Waals surface area (Å²) in [6, 6.07) is 14.7. The first-order valence-corrected chi connectivity index (χ1v) is 22.3. The SMILES string of the molecule is CC(C=CC1=C(C)C(Oc2ccc(O)cc2)CCC1(C)C)=CC=CC(C)=CC(=O)OC(C)(C)C.COc1ccc(OC2CCC(C)(C)C(/C=C/C(C)=C/C=C/C(C)=C/C=O)=C2C)cc1. The van der Waals surface area contributed by atoms with Crippen LogP contribution in [0.25, 0.3) is 0 Å². The van der Waals surface area contributed by atoms with Crippen molar-refractivity contribution in [3.05, 3.63) is 166 Å². The van der Waals surface area contributed by atoms with Gasteiger partial charge in [-0.2, -0.15) is 0 Å². The molecule has 1 N–H and O–H groups in total. The number of ether oxygens (including phenoxy) is 4. The maximum atomic E-state index is 11.9.